The first-order valence-corrected chi connectivity index (χ1v) is 7.77. The molecule has 0 bridgehead atoms. The van der Waals surface area contributed by atoms with E-state index in [1.165, 1.54) is 25.7 Å². The second-order valence-electron chi connectivity index (χ2n) is 5.74. The Morgan fingerprint density at radius 2 is 1.86 bits per heavy atom. The van der Waals surface area contributed by atoms with Crippen LogP contribution in [-0.4, -0.2) is 17.2 Å². The van der Waals surface area contributed by atoms with E-state index in [2.05, 4.69) is 6.58 Å². The third-order valence-electron chi connectivity index (χ3n) is 4.22. The molecule has 2 atom stereocenters. The predicted octanol–water partition coefficient (Wildman–Crippen LogP) is 4.43. The minimum absolute atomic E-state index is 0.238. The fourth-order valence-electron chi connectivity index (χ4n) is 2.90. The van der Waals surface area contributed by atoms with Crippen molar-refractivity contribution in [2.75, 3.05) is 0 Å². The average Bonchev–Trinajstić information content (AvgIpc) is 2.47. The van der Waals surface area contributed by atoms with E-state index in [0.717, 1.165) is 18.4 Å². The SMILES string of the molecule is C=CC1CCCCCCC1OCc1ccc(C(=O)O)cc1. The van der Waals surface area contributed by atoms with Crippen LogP contribution in [0.4, 0.5) is 0 Å². The molecule has 1 aromatic rings. The number of hydrogen-bond acceptors (Lipinski definition) is 2. The van der Waals surface area contributed by atoms with Crippen LogP contribution in [0.1, 0.15) is 54.4 Å². The van der Waals surface area contributed by atoms with Gasteiger partial charge in [-0.1, -0.05) is 43.9 Å². The first-order valence-electron chi connectivity index (χ1n) is 7.77. The maximum absolute atomic E-state index is 10.8. The van der Waals surface area contributed by atoms with Crippen molar-refractivity contribution in [2.24, 2.45) is 5.92 Å². The third-order valence-corrected chi connectivity index (χ3v) is 4.22. The highest BCUT2D eigenvalue weighted by Gasteiger charge is 2.20. The molecule has 0 aliphatic heterocycles. The van der Waals surface area contributed by atoms with E-state index in [9.17, 15) is 4.79 Å². The van der Waals surface area contributed by atoms with Crippen LogP contribution >= 0.6 is 0 Å². The fourth-order valence-corrected chi connectivity index (χ4v) is 2.90. The van der Waals surface area contributed by atoms with Gasteiger partial charge in [0, 0.05) is 5.92 Å². The number of benzene rings is 1. The van der Waals surface area contributed by atoms with Gasteiger partial charge >= 0.3 is 5.97 Å². The van der Waals surface area contributed by atoms with Crippen molar-refractivity contribution in [3.05, 3.63) is 48.0 Å². The maximum Gasteiger partial charge on any atom is 0.335 e. The lowest BCUT2D eigenvalue weighted by Crippen LogP contribution is -2.24. The number of hydrogen-bond donors (Lipinski definition) is 1. The Bertz CT molecular complexity index is 464. The van der Waals surface area contributed by atoms with Crippen LogP contribution in [0.2, 0.25) is 0 Å². The molecule has 0 radical (unpaired) electrons. The summed E-state index contributed by atoms with van der Waals surface area (Å²) in [5.41, 5.74) is 1.33. The Morgan fingerprint density at radius 1 is 1.19 bits per heavy atom. The summed E-state index contributed by atoms with van der Waals surface area (Å²) >= 11 is 0. The van der Waals surface area contributed by atoms with Crippen molar-refractivity contribution in [1.82, 2.24) is 0 Å². The van der Waals surface area contributed by atoms with Gasteiger partial charge in [0.15, 0.2) is 0 Å². The third kappa shape index (κ3) is 4.71. The molecule has 1 aromatic carbocycles. The van der Waals surface area contributed by atoms with Crippen molar-refractivity contribution in [3.63, 3.8) is 0 Å². The van der Waals surface area contributed by atoms with Crippen molar-refractivity contribution in [3.8, 4) is 0 Å². The van der Waals surface area contributed by atoms with Crippen LogP contribution < -0.4 is 0 Å². The standard InChI is InChI=1S/C18H24O3/c1-2-15-7-5-3-4-6-8-17(15)21-13-14-9-11-16(12-10-14)18(19)20/h2,9-12,15,17H,1,3-8,13H2,(H,19,20). The number of carboxylic acid groups (broad SMARTS) is 1. The van der Waals surface area contributed by atoms with Crippen molar-refractivity contribution < 1.29 is 14.6 Å². The van der Waals surface area contributed by atoms with E-state index in [-0.39, 0.29) is 6.10 Å². The minimum Gasteiger partial charge on any atom is -0.478 e. The Labute approximate surface area is 126 Å². The van der Waals surface area contributed by atoms with Crippen LogP contribution in [0.5, 0.6) is 0 Å². The molecule has 1 saturated carbocycles. The number of carbonyl (C=O) groups is 1. The van der Waals surface area contributed by atoms with Gasteiger partial charge < -0.3 is 9.84 Å². The quantitative estimate of drug-likeness (QED) is 0.815. The lowest BCUT2D eigenvalue weighted by Gasteiger charge is -2.27. The first kappa shape index (κ1) is 15.8. The number of ether oxygens (including phenoxy) is 1. The van der Waals surface area contributed by atoms with Gasteiger partial charge in [0.2, 0.25) is 0 Å². The highest BCUT2D eigenvalue weighted by Crippen LogP contribution is 2.26. The molecule has 3 heteroatoms. The molecule has 2 unspecified atom stereocenters. The number of rotatable bonds is 5. The molecule has 2 rings (SSSR count). The van der Waals surface area contributed by atoms with Crippen molar-refractivity contribution in [1.29, 1.82) is 0 Å². The van der Waals surface area contributed by atoms with E-state index >= 15 is 0 Å². The molecule has 0 amide bonds. The molecule has 1 fully saturated rings. The normalized spacial score (nSPS) is 23.0. The summed E-state index contributed by atoms with van der Waals surface area (Å²) in [5.74, 6) is -0.460. The Morgan fingerprint density at radius 3 is 2.48 bits per heavy atom. The molecule has 0 spiro atoms. The van der Waals surface area contributed by atoms with Gasteiger partial charge in [0.1, 0.15) is 0 Å². The molecule has 114 valence electrons. The molecular formula is C18H24O3. The van der Waals surface area contributed by atoms with Crippen LogP contribution in [0, 0.1) is 5.92 Å². The van der Waals surface area contributed by atoms with Gasteiger partial charge in [-0.15, -0.1) is 6.58 Å². The summed E-state index contributed by atoms with van der Waals surface area (Å²) in [6.07, 6.45) is 9.59. The summed E-state index contributed by atoms with van der Waals surface area (Å²) in [6.45, 7) is 4.48. The van der Waals surface area contributed by atoms with Gasteiger partial charge in [-0.05, 0) is 30.5 Å². The molecule has 0 saturated heterocycles. The van der Waals surface area contributed by atoms with Gasteiger partial charge in [-0.2, -0.15) is 0 Å². The van der Waals surface area contributed by atoms with E-state index < -0.39 is 5.97 Å². The molecule has 0 heterocycles. The molecule has 21 heavy (non-hydrogen) atoms. The largest absolute Gasteiger partial charge is 0.478 e. The van der Waals surface area contributed by atoms with E-state index in [1.54, 1.807) is 12.1 Å². The highest BCUT2D eigenvalue weighted by atomic mass is 16.5. The molecule has 1 aliphatic rings. The predicted molar refractivity (Wildman–Crippen MR) is 83.4 cm³/mol. The Kier molecular flexibility index (Phi) is 6.00. The summed E-state index contributed by atoms with van der Waals surface area (Å²) in [4.78, 5) is 10.8. The maximum atomic E-state index is 10.8. The van der Waals surface area contributed by atoms with E-state index in [1.807, 2.05) is 18.2 Å². The molecule has 0 aromatic heterocycles. The molecular weight excluding hydrogens is 264 g/mol. The lowest BCUT2D eigenvalue weighted by atomic mass is 9.88. The average molecular weight is 288 g/mol. The second-order valence-corrected chi connectivity index (χ2v) is 5.74. The van der Waals surface area contributed by atoms with E-state index in [0.29, 0.717) is 18.1 Å². The second kappa shape index (κ2) is 7.99. The molecule has 3 nitrogen and oxygen atoms in total. The van der Waals surface area contributed by atoms with Crippen molar-refractivity contribution in [2.45, 2.75) is 51.2 Å². The fraction of sp³-hybridized carbons (Fsp3) is 0.500. The zero-order valence-electron chi connectivity index (χ0n) is 12.5. The zero-order valence-corrected chi connectivity index (χ0v) is 12.5. The van der Waals surface area contributed by atoms with Crippen LogP contribution in [0.25, 0.3) is 0 Å². The van der Waals surface area contributed by atoms with Crippen LogP contribution in [0.15, 0.2) is 36.9 Å². The number of aromatic carboxylic acids is 1. The lowest BCUT2D eigenvalue weighted by molar-refractivity contribution is 0.00119. The monoisotopic (exact) mass is 288 g/mol. The van der Waals surface area contributed by atoms with Crippen LogP contribution in [-0.2, 0) is 11.3 Å². The minimum atomic E-state index is -0.894. The molecule has 1 aliphatic carbocycles. The molecule has 1 N–H and O–H groups in total. The summed E-state index contributed by atoms with van der Waals surface area (Å²) in [5, 5.41) is 8.89. The van der Waals surface area contributed by atoms with Crippen LogP contribution in [0.3, 0.4) is 0 Å². The zero-order chi connectivity index (χ0) is 15.1. The van der Waals surface area contributed by atoms with Gasteiger partial charge in [-0.25, -0.2) is 4.79 Å². The van der Waals surface area contributed by atoms with Gasteiger partial charge in [-0.3, -0.25) is 0 Å². The van der Waals surface area contributed by atoms with E-state index in [4.69, 9.17) is 9.84 Å². The van der Waals surface area contributed by atoms with Crippen molar-refractivity contribution >= 4 is 5.97 Å². The Hall–Kier alpha value is -1.61. The first-order chi connectivity index (χ1) is 10.2. The number of carboxylic acids is 1. The smallest absolute Gasteiger partial charge is 0.335 e. The van der Waals surface area contributed by atoms with Gasteiger partial charge in [0.25, 0.3) is 0 Å². The Balaban J connectivity index is 1.92. The highest BCUT2D eigenvalue weighted by molar-refractivity contribution is 5.87. The topological polar surface area (TPSA) is 46.5 Å². The summed E-state index contributed by atoms with van der Waals surface area (Å²) in [6, 6.07) is 6.92. The summed E-state index contributed by atoms with van der Waals surface area (Å²) < 4.78 is 6.09. The van der Waals surface area contributed by atoms with Gasteiger partial charge in [0.05, 0.1) is 18.3 Å². The summed E-state index contributed by atoms with van der Waals surface area (Å²) in [7, 11) is 0.